The van der Waals surface area contributed by atoms with Gasteiger partial charge in [0, 0.05) is 31.6 Å². The van der Waals surface area contributed by atoms with Crippen molar-refractivity contribution < 1.29 is 50.9 Å². The number of halogens is 6. The average Bonchev–Trinajstić information content (AvgIpc) is 3.49. The van der Waals surface area contributed by atoms with Crippen LogP contribution in [0.4, 0.5) is 26.3 Å². The number of hydrogen-bond acceptors (Lipinski definition) is 6. The molecular formula is C20H26F6N2O5S. The summed E-state index contributed by atoms with van der Waals surface area (Å²) in [6.45, 7) is 8.16. The largest absolute Gasteiger partial charge is 0.490 e. The summed E-state index contributed by atoms with van der Waals surface area (Å²) in [4.78, 5) is 23.1. The lowest BCUT2D eigenvalue weighted by Crippen LogP contribution is -2.49. The van der Waals surface area contributed by atoms with E-state index in [1.807, 2.05) is 11.3 Å². The van der Waals surface area contributed by atoms with E-state index in [0.717, 1.165) is 31.6 Å². The first-order valence-electron chi connectivity index (χ1n) is 10.4. The van der Waals surface area contributed by atoms with E-state index in [-0.39, 0.29) is 0 Å². The molecule has 194 valence electrons. The molecule has 14 heteroatoms. The molecule has 0 saturated carbocycles. The van der Waals surface area contributed by atoms with Gasteiger partial charge in [0.1, 0.15) is 0 Å². The lowest BCUT2D eigenvalue weighted by atomic mass is 9.87. The van der Waals surface area contributed by atoms with Crippen LogP contribution in [-0.2, 0) is 20.9 Å². The van der Waals surface area contributed by atoms with Crippen LogP contribution in [-0.4, -0.2) is 89.7 Å². The summed E-state index contributed by atoms with van der Waals surface area (Å²) in [6.07, 6.45) is -7.40. The highest BCUT2D eigenvalue weighted by Crippen LogP contribution is 2.35. The first-order chi connectivity index (χ1) is 15.8. The number of hydrogen-bond donors (Lipinski definition) is 2. The molecule has 0 aromatic carbocycles. The molecule has 0 aliphatic carbocycles. The molecular weight excluding hydrogens is 494 g/mol. The van der Waals surface area contributed by atoms with Crippen molar-refractivity contribution in [2.75, 3.05) is 39.4 Å². The number of rotatable bonds is 3. The average molecular weight is 520 g/mol. The van der Waals surface area contributed by atoms with Crippen molar-refractivity contribution in [1.82, 2.24) is 9.80 Å². The molecule has 4 rings (SSSR count). The van der Waals surface area contributed by atoms with Crippen LogP contribution in [0.25, 0.3) is 0 Å². The first kappa shape index (κ1) is 28.3. The van der Waals surface area contributed by atoms with Crippen molar-refractivity contribution >= 4 is 23.3 Å². The molecule has 1 aromatic heterocycles. The van der Waals surface area contributed by atoms with E-state index in [1.54, 1.807) is 0 Å². The van der Waals surface area contributed by atoms with Gasteiger partial charge in [0.2, 0.25) is 0 Å². The minimum atomic E-state index is -5.08. The van der Waals surface area contributed by atoms with Crippen molar-refractivity contribution in [1.29, 1.82) is 0 Å². The standard InChI is InChI=1S/C16H24N2OS.2C2HF3O2/c1-2-5-18(4-1)16-11-19-10-14-8-17(9-15(14)16)7-13-3-6-20-12-13;2*3-2(4,5)1(6)7/h3,6,12,14-16H,1-2,4-5,7-11H2;2*(H,6,7)/t14-,15-,16-;;/m1../s1. The molecule has 3 fully saturated rings. The lowest BCUT2D eigenvalue weighted by molar-refractivity contribution is -0.193. The maximum Gasteiger partial charge on any atom is 0.490 e. The van der Waals surface area contributed by atoms with Gasteiger partial charge in [-0.15, -0.1) is 0 Å². The smallest absolute Gasteiger partial charge is 0.475 e. The number of ether oxygens (including phenoxy) is 1. The Bertz CT molecular complexity index is 759. The molecule has 0 amide bonds. The monoisotopic (exact) mass is 520 g/mol. The van der Waals surface area contributed by atoms with Crippen LogP contribution in [0, 0.1) is 11.8 Å². The minimum Gasteiger partial charge on any atom is -0.475 e. The number of carbonyl (C=O) groups is 2. The van der Waals surface area contributed by atoms with Gasteiger partial charge in [-0.1, -0.05) is 0 Å². The van der Waals surface area contributed by atoms with Gasteiger partial charge in [0.05, 0.1) is 13.2 Å². The molecule has 0 spiro atoms. The van der Waals surface area contributed by atoms with Crippen LogP contribution in [0.15, 0.2) is 16.8 Å². The molecule has 1 aromatic rings. The Morgan fingerprint density at radius 3 is 2.03 bits per heavy atom. The predicted molar refractivity (Wildman–Crippen MR) is 109 cm³/mol. The normalized spacial score (nSPS) is 25.5. The fourth-order valence-electron chi connectivity index (χ4n) is 4.28. The highest BCUT2D eigenvalue weighted by atomic mass is 32.1. The maximum absolute atomic E-state index is 10.6. The number of carboxylic acid groups (broad SMARTS) is 2. The Labute approximate surface area is 195 Å². The quantitative estimate of drug-likeness (QED) is 0.590. The lowest BCUT2D eigenvalue weighted by Gasteiger charge is -2.38. The molecule has 3 aliphatic rings. The molecule has 3 saturated heterocycles. The van der Waals surface area contributed by atoms with Gasteiger partial charge in [-0.05, 0) is 54.2 Å². The third-order valence-electron chi connectivity index (χ3n) is 5.76. The summed E-state index contributed by atoms with van der Waals surface area (Å²) in [5.41, 5.74) is 1.48. The third-order valence-corrected chi connectivity index (χ3v) is 6.49. The summed E-state index contributed by atoms with van der Waals surface area (Å²) in [5, 5.41) is 18.7. The van der Waals surface area contributed by atoms with Gasteiger partial charge in [-0.25, -0.2) is 9.59 Å². The summed E-state index contributed by atoms with van der Waals surface area (Å²) >= 11 is 1.81. The number of fused-ring (bicyclic) bond motifs is 1. The van der Waals surface area contributed by atoms with Crippen LogP contribution >= 0.6 is 11.3 Å². The maximum atomic E-state index is 10.6. The molecule has 0 unspecified atom stereocenters. The number of nitrogens with zero attached hydrogens (tertiary/aromatic N) is 2. The van der Waals surface area contributed by atoms with Crippen molar-refractivity contribution in [3.63, 3.8) is 0 Å². The van der Waals surface area contributed by atoms with Crippen molar-refractivity contribution in [2.45, 2.75) is 37.8 Å². The molecule has 7 nitrogen and oxygen atoms in total. The zero-order valence-electron chi connectivity index (χ0n) is 18.0. The van der Waals surface area contributed by atoms with Gasteiger partial charge in [-0.3, -0.25) is 9.80 Å². The molecule has 2 N–H and O–H groups in total. The first-order valence-corrected chi connectivity index (χ1v) is 11.4. The highest BCUT2D eigenvalue weighted by molar-refractivity contribution is 7.07. The highest BCUT2D eigenvalue weighted by Gasteiger charge is 2.43. The molecule has 34 heavy (non-hydrogen) atoms. The fourth-order valence-corrected chi connectivity index (χ4v) is 4.94. The second-order valence-corrected chi connectivity index (χ2v) is 8.98. The van der Waals surface area contributed by atoms with E-state index in [9.17, 15) is 26.3 Å². The van der Waals surface area contributed by atoms with Gasteiger partial charge in [-0.2, -0.15) is 37.7 Å². The molecule has 3 aliphatic heterocycles. The van der Waals surface area contributed by atoms with Gasteiger partial charge < -0.3 is 14.9 Å². The zero-order chi connectivity index (χ0) is 25.5. The van der Waals surface area contributed by atoms with Crippen LogP contribution in [0.2, 0.25) is 0 Å². The number of carboxylic acids is 2. The van der Waals surface area contributed by atoms with E-state index in [2.05, 4.69) is 26.6 Å². The summed E-state index contributed by atoms with van der Waals surface area (Å²) in [6, 6.07) is 2.95. The van der Waals surface area contributed by atoms with E-state index in [1.165, 1.54) is 44.6 Å². The number of thiophene rings is 1. The zero-order valence-corrected chi connectivity index (χ0v) is 18.8. The number of likely N-dealkylation sites (tertiary alicyclic amines) is 2. The molecule has 0 radical (unpaired) electrons. The fraction of sp³-hybridized carbons (Fsp3) is 0.700. The van der Waals surface area contributed by atoms with E-state index in [4.69, 9.17) is 24.5 Å². The van der Waals surface area contributed by atoms with Gasteiger partial charge in [0.15, 0.2) is 0 Å². The van der Waals surface area contributed by atoms with E-state index >= 15 is 0 Å². The Hall–Kier alpha value is -1.90. The number of alkyl halides is 6. The van der Waals surface area contributed by atoms with Gasteiger partial charge in [0.25, 0.3) is 0 Å². The second kappa shape index (κ2) is 12.2. The summed E-state index contributed by atoms with van der Waals surface area (Å²) in [5.74, 6) is -3.92. The molecule has 4 heterocycles. The van der Waals surface area contributed by atoms with Crippen molar-refractivity contribution in [3.05, 3.63) is 22.4 Å². The Morgan fingerprint density at radius 1 is 1.00 bits per heavy atom. The van der Waals surface area contributed by atoms with Crippen molar-refractivity contribution in [2.24, 2.45) is 11.8 Å². The third kappa shape index (κ3) is 8.71. The Morgan fingerprint density at radius 2 is 1.56 bits per heavy atom. The molecule has 3 atom stereocenters. The SMILES string of the molecule is O=C(O)C(F)(F)F.O=C(O)C(F)(F)F.c1cc(CN2C[C@@H]3COC[C@@H](N4CCCC4)[C@@H]3C2)cs1. The van der Waals surface area contributed by atoms with E-state index < -0.39 is 24.3 Å². The summed E-state index contributed by atoms with van der Waals surface area (Å²) in [7, 11) is 0. The van der Waals surface area contributed by atoms with Gasteiger partial charge >= 0.3 is 24.3 Å². The van der Waals surface area contributed by atoms with Crippen LogP contribution in [0.5, 0.6) is 0 Å². The van der Waals surface area contributed by atoms with Crippen LogP contribution < -0.4 is 0 Å². The second-order valence-electron chi connectivity index (χ2n) is 8.20. The summed E-state index contributed by atoms with van der Waals surface area (Å²) < 4.78 is 69.4. The Kier molecular flexibility index (Phi) is 10.2. The van der Waals surface area contributed by atoms with Crippen molar-refractivity contribution in [3.8, 4) is 0 Å². The van der Waals surface area contributed by atoms with Crippen LogP contribution in [0.3, 0.4) is 0 Å². The topological polar surface area (TPSA) is 90.3 Å². The minimum absolute atomic E-state index is 0.684. The Balaban J connectivity index is 0.000000244. The number of aliphatic carboxylic acids is 2. The predicted octanol–water partition coefficient (Wildman–Crippen LogP) is 3.56. The van der Waals surface area contributed by atoms with Crippen LogP contribution in [0.1, 0.15) is 18.4 Å². The molecule has 0 bridgehead atoms. The van der Waals surface area contributed by atoms with E-state index in [0.29, 0.717) is 6.04 Å².